The van der Waals surface area contributed by atoms with Crippen LogP contribution in [0.15, 0.2) is 28.8 Å². The normalized spacial score (nSPS) is 14.2. The molecule has 2 amide bonds. The Morgan fingerprint density at radius 2 is 2.19 bits per heavy atom. The lowest BCUT2D eigenvalue weighted by Crippen LogP contribution is -2.58. The molecule has 0 radical (unpaired) electrons. The number of rotatable bonds is 8. The molecule has 2 aromatic rings. The molecule has 1 fully saturated rings. The Kier molecular flexibility index (Phi) is 6.06. The number of likely N-dealkylation sites (tertiary alicyclic amines) is 1. The number of hydrogen-bond acceptors (Lipinski definition) is 6. The number of aromatic nitrogens is 2. The summed E-state index contributed by atoms with van der Waals surface area (Å²) in [5.41, 5.74) is 0.748. The van der Waals surface area contributed by atoms with Crippen LogP contribution in [0.5, 0.6) is 5.75 Å². The van der Waals surface area contributed by atoms with E-state index in [-0.39, 0.29) is 12.1 Å². The topological polar surface area (TPSA) is 89.7 Å². The van der Waals surface area contributed by atoms with Crippen molar-refractivity contribution in [1.82, 2.24) is 20.4 Å². The van der Waals surface area contributed by atoms with Gasteiger partial charge in [0.15, 0.2) is 5.82 Å². The number of para-hydroxylation sites is 1. The quantitative estimate of drug-likeness (QED) is 0.775. The molecule has 8 nitrogen and oxygen atoms in total. The Hall–Kier alpha value is -2.61. The second-order valence-electron chi connectivity index (χ2n) is 6.13. The van der Waals surface area contributed by atoms with E-state index in [0.717, 1.165) is 12.0 Å². The first-order valence-electron chi connectivity index (χ1n) is 8.81. The number of nitrogens with one attached hydrogen (secondary N) is 1. The zero-order chi connectivity index (χ0) is 18.4. The predicted octanol–water partition coefficient (Wildman–Crippen LogP) is 2.11. The largest absolute Gasteiger partial charge is 0.486 e. The Morgan fingerprint density at radius 3 is 2.96 bits per heavy atom. The van der Waals surface area contributed by atoms with Gasteiger partial charge >= 0.3 is 6.03 Å². The minimum atomic E-state index is -0.0422. The third kappa shape index (κ3) is 4.32. The fraction of sp³-hybridized carbons (Fsp3) is 0.500. The summed E-state index contributed by atoms with van der Waals surface area (Å²) in [6, 6.07) is 7.50. The smallest absolute Gasteiger partial charge is 0.317 e. The van der Waals surface area contributed by atoms with E-state index in [9.17, 15) is 4.79 Å². The standard InChI is InChI=1S/C18H24N4O4/c1-3-9-19-18(23)22-11-13(12-22)25-15-7-5-4-6-14(15)17-20-16(21-26-17)8-10-24-2/h4-7,13H,3,8-12H2,1-2H3,(H,19,23). The lowest BCUT2D eigenvalue weighted by molar-refractivity contribution is 0.0448. The maximum atomic E-state index is 11.9. The van der Waals surface area contributed by atoms with Gasteiger partial charge in [0.25, 0.3) is 5.89 Å². The summed E-state index contributed by atoms with van der Waals surface area (Å²) in [5, 5.41) is 6.83. The van der Waals surface area contributed by atoms with Crippen LogP contribution in [0.2, 0.25) is 0 Å². The summed E-state index contributed by atoms with van der Waals surface area (Å²) in [6.45, 7) is 4.37. The van der Waals surface area contributed by atoms with Gasteiger partial charge in [-0.3, -0.25) is 0 Å². The lowest BCUT2D eigenvalue weighted by atomic mass is 10.1. The molecule has 1 saturated heterocycles. The Bertz CT molecular complexity index is 727. The van der Waals surface area contributed by atoms with Crippen LogP contribution in [0.3, 0.4) is 0 Å². The highest BCUT2D eigenvalue weighted by Crippen LogP contribution is 2.30. The predicted molar refractivity (Wildman–Crippen MR) is 95.0 cm³/mol. The Balaban J connectivity index is 1.60. The van der Waals surface area contributed by atoms with Crippen LogP contribution in [0.1, 0.15) is 19.2 Å². The molecule has 0 saturated carbocycles. The summed E-state index contributed by atoms with van der Waals surface area (Å²) in [4.78, 5) is 18.0. The summed E-state index contributed by atoms with van der Waals surface area (Å²) in [6.07, 6.45) is 1.47. The van der Waals surface area contributed by atoms with Crippen molar-refractivity contribution in [2.75, 3.05) is 33.4 Å². The van der Waals surface area contributed by atoms with Gasteiger partial charge in [0, 0.05) is 20.1 Å². The van der Waals surface area contributed by atoms with Crippen molar-refractivity contribution in [3.8, 4) is 17.2 Å². The SMILES string of the molecule is CCCNC(=O)N1CC(Oc2ccccc2-c2nc(CCOC)no2)C1. The Morgan fingerprint density at radius 1 is 1.38 bits per heavy atom. The summed E-state index contributed by atoms with van der Waals surface area (Å²) in [5.74, 6) is 1.69. The molecule has 1 aromatic heterocycles. The second kappa shape index (κ2) is 8.66. The lowest BCUT2D eigenvalue weighted by Gasteiger charge is -2.39. The highest BCUT2D eigenvalue weighted by Gasteiger charge is 2.32. The summed E-state index contributed by atoms with van der Waals surface area (Å²) in [7, 11) is 1.63. The van der Waals surface area contributed by atoms with E-state index in [1.807, 2.05) is 31.2 Å². The molecule has 0 bridgehead atoms. The van der Waals surface area contributed by atoms with Crippen LogP contribution in [-0.4, -0.2) is 60.5 Å². The summed E-state index contributed by atoms with van der Waals surface area (Å²) < 4.78 is 16.4. The molecular weight excluding hydrogens is 336 g/mol. The molecule has 26 heavy (non-hydrogen) atoms. The number of ether oxygens (including phenoxy) is 2. The second-order valence-corrected chi connectivity index (χ2v) is 6.13. The Labute approximate surface area is 152 Å². The highest BCUT2D eigenvalue weighted by atomic mass is 16.5. The number of methoxy groups -OCH3 is 1. The zero-order valence-corrected chi connectivity index (χ0v) is 15.1. The van der Waals surface area contributed by atoms with Crippen molar-refractivity contribution in [2.45, 2.75) is 25.9 Å². The van der Waals surface area contributed by atoms with E-state index in [1.165, 1.54) is 0 Å². The van der Waals surface area contributed by atoms with E-state index in [0.29, 0.717) is 50.1 Å². The molecule has 1 aliphatic heterocycles. The van der Waals surface area contributed by atoms with Gasteiger partial charge in [-0.05, 0) is 18.6 Å². The molecule has 1 aliphatic rings. The third-order valence-electron chi connectivity index (χ3n) is 4.07. The number of carbonyl (C=O) groups excluding carboxylic acids is 1. The van der Waals surface area contributed by atoms with E-state index in [1.54, 1.807) is 12.0 Å². The van der Waals surface area contributed by atoms with E-state index in [4.69, 9.17) is 14.0 Å². The molecule has 1 aromatic carbocycles. The van der Waals surface area contributed by atoms with Crippen LogP contribution in [0, 0.1) is 0 Å². The van der Waals surface area contributed by atoms with Gasteiger partial charge in [-0.1, -0.05) is 24.2 Å². The average Bonchev–Trinajstić information content (AvgIpc) is 3.09. The first-order valence-corrected chi connectivity index (χ1v) is 8.81. The number of amides is 2. The molecule has 140 valence electrons. The summed E-state index contributed by atoms with van der Waals surface area (Å²) >= 11 is 0. The van der Waals surface area contributed by atoms with Gasteiger partial charge in [0.05, 0.1) is 25.3 Å². The zero-order valence-electron chi connectivity index (χ0n) is 15.1. The van der Waals surface area contributed by atoms with Gasteiger partial charge in [0.2, 0.25) is 0 Å². The maximum Gasteiger partial charge on any atom is 0.317 e. The van der Waals surface area contributed by atoms with Crippen LogP contribution in [0.4, 0.5) is 4.79 Å². The number of nitrogens with zero attached hydrogens (tertiary/aromatic N) is 3. The number of benzene rings is 1. The van der Waals surface area contributed by atoms with Crippen LogP contribution in [0.25, 0.3) is 11.5 Å². The minimum absolute atomic E-state index is 0.0420. The van der Waals surface area contributed by atoms with Crippen LogP contribution < -0.4 is 10.1 Å². The van der Waals surface area contributed by atoms with E-state index < -0.39 is 0 Å². The highest BCUT2D eigenvalue weighted by molar-refractivity contribution is 5.75. The monoisotopic (exact) mass is 360 g/mol. The van der Waals surface area contributed by atoms with Crippen molar-refractivity contribution in [3.05, 3.63) is 30.1 Å². The van der Waals surface area contributed by atoms with Crippen molar-refractivity contribution < 1.29 is 18.8 Å². The molecule has 2 heterocycles. The van der Waals surface area contributed by atoms with Gasteiger partial charge in [-0.15, -0.1) is 0 Å². The van der Waals surface area contributed by atoms with Crippen molar-refractivity contribution >= 4 is 6.03 Å². The van der Waals surface area contributed by atoms with Crippen molar-refractivity contribution in [3.63, 3.8) is 0 Å². The van der Waals surface area contributed by atoms with E-state index in [2.05, 4.69) is 15.5 Å². The first kappa shape index (κ1) is 18.2. The fourth-order valence-corrected chi connectivity index (χ4v) is 2.61. The first-order chi connectivity index (χ1) is 12.7. The fourth-order valence-electron chi connectivity index (χ4n) is 2.61. The molecule has 0 spiro atoms. The van der Waals surface area contributed by atoms with Crippen molar-refractivity contribution in [1.29, 1.82) is 0 Å². The van der Waals surface area contributed by atoms with Crippen LogP contribution >= 0.6 is 0 Å². The molecule has 0 atom stereocenters. The number of hydrogen-bond donors (Lipinski definition) is 1. The number of carbonyl (C=O) groups is 1. The average molecular weight is 360 g/mol. The van der Waals surface area contributed by atoms with Gasteiger partial charge < -0.3 is 24.2 Å². The minimum Gasteiger partial charge on any atom is -0.486 e. The molecule has 0 unspecified atom stereocenters. The molecule has 3 rings (SSSR count). The number of urea groups is 1. The molecule has 8 heteroatoms. The van der Waals surface area contributed by atoms with E-state index >= 15 is 0 Å². The van der Waals surface area contributed by atoms with Crippen LogP contribution in [-0.2, 0) is 11.2 Å². The maximum absolute atomic E-state index is 11.9. The molecule has 1 N–H and O–H groups in total. The van der Waals surface area contributed by atoms with Crippen molar-refractivity contribution in [2.24, 2.45) is 0 Å². The third-order valence-corrected chi connectivity index (χ3v) is 4.07. The van der Waals surface area contributed by atoms with Gasteiger partial charge in [0.1, 0.15) is 11.9 Å². The molecular formula is C18H24N4O4. The molecule has 0 aliphatic carbocycles. The van der Waals surface area contributed by atoms with Gasteiger partial charge in [-0.25, -0.2) is 4.79 Å². The van der Waals surface area contributed by atoms with Gasteiger partial charge in [-0.2, -0.15) is 4.98 Å².